The van der Waals surface area contributed by atoms with Gasteiger partial charge in [0.05, 0.1) is 16.7 Å². The van der Waals surface area contributed by atoms with Crippen LogP contribution in [0.5, 0.6) is 0 Å². The molecule has 8 nitrogen and oxygen atoms in total. The molecule has 0 fully saturated rings. The normalized spacial score (nSPS) is 12.6. The molecule has 0 saturated heterocycles. The average Bonchev–Trinajstić information content (AvgIpc) is 3.14. The van der Waals surface area contributed by atoms with Crippen molar-refractivity contribution in [3.63, 3.8) is 0 Å². The molecule has 9 heteroatoms. The van der Waals surface area contributed by atoms with Crippen LogP contribution >= 0.6 is 0 Å². The Hall–Kier alpha value is -2.65. The molecule has 0 aliphatic carbocycles. The minimum absolute atomic E-state index is 0.0218. The lowest BCUT2D eigenvalue weighted by atomic mass is 10.2. The third-order valence-electron chi connectivity index (χ3n) is 3.71. The molecule has 1 aromatic heterocycles. The number of carbonyl (C=O) groups is 2. The summed E-state index contributed by atoms with van der Waals surface area (Å²) in [5, 5.41) is 5.18. The first-order chi connectivity index (χ1) is 12.2. The van der Waals surface area contributed by atoms with Crippen molar-refractivity contribution in [1.29, 1.82) is 0 Å². The van der Waals surface area contributed by atoms with Crippen LogP contribution in [-0.4, -0.2) is 44.7 Å². The highest BCUT2D eigenvalue weighted by Gasteiger charge is 2.22. The van der Waals surface area contributed by atoms with E-state index < -0.39 is 27.9 Å². The van der Waals surface area contributed by atoms with Crippen molar-refractivity contribution < 1.29 is 22.4 Å². The van der Waals surface area contributed by atoms with Crippen molar-refractivity contribution in [2.75, 3.05) is 14.1 Å². The molecule has 2 rings (SSSR count). The van der Waals surface area contributed by atoms with Crippen LogP contribution in [0, 0.1) is 0 Å². The van der Waals surface area contributed by atoms with E-state index in [-0.39, 0.29) is 11.4 Å². The first-order valence-corrected chi connectivity index (χ1v) is 9.28. The van der Waals surface area contributed by atoms with Crippen LogP contribution in [0.3, 0.4) is 0 Å². The van der Waals surface area contributed by atoms with E-state index in [2.05, 4.69) is 10.6 Å². The van der Waals surface area contributed by atoms with E-state index in [0.29, 0.717) is 11.1 Å². The van der Waals surface area contributed by atoms with E-state index in [0.717, 1.165) is 4.31 Å². The molecule has 1 aromatic carbocycles. The summed E-state index contributed by atoms with van der Waals surface area (Å²) in [5.74, 6) is -0.865. The van der Waals surface area contributed by atoms with E-state index in [1.54, 1.807) is 18.2 Å². The summed E-state index contributed by atoms with van der Waals surface area (Å²) >= 11 is 0. The van der Waals surface area contributed by atoms with Gasteiger partial charge in [0.2, 0.25) is 15.9 Å². The molecule has 2 amide bonds. The van der Waals surface area contributed by atoms with Crippen LogP contribution in [-0.2, 0) is 21.4 Å². The van der Waals surface area contributed by atoms with Gasteiger partial charge < -0.3 is 15.1 Å². The number of hydrogen-bond donors (Lipinski definition) is 2. The molecule has 1 atom stereocenters. The molecule has 0 unspecified atom stereocenters. The zero-order valence-corrected chi connectivity index (χ0v) is 15.5. The van der Waals surface area contributed by atoms with Crippen LogP contribution in [0.1, 0.15) is 22.8 Å². The van der Waals surface area contributed by atoms with E-state index in [4.69, 9.17) is 4.42 Å². The number of carbonyl (C=O) groups excluding carboxylic acids is 2. The predicted octanol–water partition coefficient (Wildman–Crippen LogP) is 0.965. The Bertz CT molecular complexity index is 876. The van der Waals surface area contributed by atoms with Gasteiger partial charge in [-0.25, -0.2) is 12.7 Å². The fourth-order valence-corrected chi connectivity index (χ4v) is 3.29. The van der Waals surface area contributed by atoms with Crippen molar-refractivity contribution in [2.45, 2.75) is 24.4 Å². The summed E-state index contributed by atoms with van der Waals surface area (Å²) in [6, 6.07) is 7.12. The summed E-state index contributed by atoms with van der Waals surface area (Å²) in [4.78, 5) is 24.3. The highest BCUT2D eigenvalue weighted by atomic mass is 32.2. The van der Waals surface area contributed by atoms with Gasteiger partial charge in [0.15, 0.2) is 0 Å². The van der Waals surface area contributed by atoms with Gasteiger partial charge in [-0.15, -0.1) is 0 Å². The van der Waals surface area contributed by atoms with Crippen LogP contribution in [0.25, 0.3) is 0 Å². The SMILES string of the molecule is C[C@H](NC(=O)c1ccoc1)C(=O)NCc1ccccc1S(=O)(=O)N(C)C. The van der Waals surface area contributed by atoms with E-state index in [9.17, 15) is 18.0 Å². The summed E-state index contributed by atoms with van der Waals surface area (Å²) in [6.07, 6.45) is 2.64. The fraction of sp³-hybridized carbons (Fsp3) is 0.294. The smallest absolute Gasteiger partial charge is 0.255 e. The molecular formula is C17H21N3O5S. The molecule has 0 aliphatic heterocycles. The molecule has 1 heterocycles. The van der Waals surface area contributed by atoms with Gasteiger partial charge in [-0.2, -0.15) is 0 Å². The Morgan fingerprint density at radius 1 is 1.19 bits per heavy atom. The Labute approximate surface area is 152 Å². The maximum Gasteiger partial charge on any atom is 0.255 e. The zero-order chi connectivity index (χ0) is 19.3. The number of nitrogens with zero attached hydrogens (tertiary/aromatic N) is 1. The lowest BCUT2D eigenvalue weighted by Crippen LogP contribution is -2.44. The molecule has 0 spiro atoms. The van der Waals surface area contributed by atoms with Gasteiger partial charge in [0, 0.05) is 20.6 Å². The second-order valence-corrected chi connectivity index (χ2v) is 7.94. The van der Waals surface area contributed by atoms with Gasteiger partial charge in [0.1, 0.15) is 12.3 Å². The quantitative estimate of drug-likeness (QED) is 0.745. The van der Waals surface area contributed by atoms with Gasteiger partial charge in [-0.1, -0.05) is 18.2 Å². The molecule has 2 N–H and O–H groups in total. The van der Waals surface area contributed by atoms with Crippen molar-refractivity contribution in [3.05, 3.63) is 54.0 Å². The summed E-state index contributed by atoms with van der Waals surface area (Å²) in [5.41, 5.74) is 0.773. The van der Waals surface area contributed by atoms with Crippen LogP contribution in [0.4, 0.5) is 0 Å². The van der Waals surface area contributed by atoms with Crippen molar-refractivity contribution in [2.24, 2.45) is 0 Å². The number of sulfonamides is 1. The molecule has 0 radical (unpaired) electrons. The third-order valence-corrected chi connectivity index (χ3v) is 5.62. The first kappa shape index (κ1) is 19.7. The molecule has 0 aliphatic rings. The lowest BCUT2D eigenvalue weighted by molar-refractivity contribution is -0.122. The Morgan fingerprint density at radius 3 is 2.50 bits per heavy atom. The molecule has 2 aromatic rings. The molecule has 140 valence electrons. The molecule has 26 heavy (non-hydrogen) atoms. The number of hydrogen-bond acceptors (Lipinski definition) is 5. The minimum Gasteiger partial charge on any atom is -0.472 e. The van der Waals surface area contributed by atoms with Crippen LogP contribution < -0.4 is 10.6 Å². The van der Waals surface area contributed by atoms with Crippen molar-refractivity contribution >= 4 is 21.8 Å². The highest BCUT2D eigenvalue weighted by molar-refractivity contribution is 7.89. The number of rotatable bonds is 7. The molecule has 0 saturated carbocycles. The Balaban J connectivity index is 2.03. The predicted molar refractivity (Wildman–Crippen MR) is 94.8 cm³/mol. The van der Waals surface area contributed by atoms with Crippen LogP contribution in [0.15, 0.2) is 52.2 Å². The monoisotopic (exact) mass is 379 g/mol. The van der Waals surface area contributed by atoms with E-state index in [1.165, 1.54) is 45.7 Å². The second-order valence-electron chi connectivity index (χ2n) is 5.82. The number of benzene rings is 1. The van der Waals surface area contributed by atoms with Crippen LogP contribution in [0.2, 0.25) is 0 Å². The topological polar surface area (TPSA) is 109 Å². The fourth-order valence-electron chi connectivity index (χ4n) is 2.17. The van der Waals surface area contributed by atoms with Gasteiger partial charge in [-0.05, 0) is 24.6 Å². The first-order valence-electron chi connectivity index (χ1n) is 7.84. The number of nitrogens with one attached hydrogen (secondary N) is 2. The van der Waals surface area contributed by atoms with Gasteiger partial charge in [-0.3, -0.25) is 9.59 Å². The molecule has 0 bridgehead atoms. The zero-order valence-electron chi connectivity index (χ0n) is 14.7. The van der Waals surface area contributed by atoms with Crippen molar-refractivity contribution in [3.8, 4) is 0 Å². The standard InChI is InChI=1S/C17H21N3O5S/c1-12(19-17(22)14-8-9-25-11-14)16(21)18-10-13-6-4-5-7-15(13)26(23,24)20(2)3/h4-9,11-12H,10H2,1-3H3,(H,18,21)(H,19,22)/t12-/m0/s1. The summed E-state index contributed by atoms with van der Waals surface area (Å²) in [7, 11) is -0.737. The minimum atomic E-state index is -3.62. The Morgan fingerprint density at radius 2 is 1.88 bits per heavy atom. The maximum atomic E-state index is 12.4. The second kappa shape index (κ2) is 8.15. The van der Waals surface area contributed by atoms with Gasteiger partial charge >= 0.3 is 0 Å². The Kier molecular flexibility index (Phi) is 6.17. The maximum absolute atomic E-state index is 12.4. The highest BCUT2D eigenvalue weighted by Crippen LogP contribution is 2.18. The van der Waals surface area contributed by atoms with Gasteiger partial charge in [0.25, 0.3) is 5.91 Å². The number of furan rings is 1. The molecular weight excluding hydrogens is 358 g/mol. The largest absolute Gasteiger partial charge is 0.472 e. The summed E-state index contributed by atoms with van der Waals surface area (Å²) < 4.78 is 30.6. The third kappa shape index (κ3) is 4.50. The number of amides is 2. The van der Waals surface area contributed by atoms with Crippen molar-refractivity contribution in [1.82, 2.24) is 14.9 Å². The van der Waals surface area contributed by atoms with E-state index in [1.807, 2.05) is 0 Å². The average molecular weight is 379 g/mol. The summed E-state index contributed by atoms with van der Waals surface area (Å²) in [6.45, 7) is 1.56. The lowest BCUT2D eigenvalue weighted by Gasteiger charge is -2.17. The van der Waals surface area contributed by atoms with E-state index >= 15 is 0 Å².